The van der Waals surface area contributed by atoms with E-state index in [9.17, 15) is 5.11 Å². The summed E-state index contributed by atoms with van der Waals surface area (Å²) in [6, 6.07) is 4.38. The van der Waals surface area contributed by atoms with E-state index in [2.05, 4.69) is 19.1 Å². The average molecular weight is 196 g/mol. The van der Waals surface area contributed by atoms with E-state index in [1.807, 2.05) is 11.3 Å². The Morgan fingerprint density at radius 3 is 2.69 bits per heavy atom. The molecule has 0 atom stereocenters. The molecule has 2 rings (SSSR count). The van der Waals surface area contributed by atoms with Crippen LogP contribution in [-0.2, 0) is 12.8 Å². The predicted molar refractivity (Wildman–Crippen MR) is 56.2 cm³/mol. The van der Waals surface area contributed by atoms with Crippen LogP contribution in [0, 0.1) is 0 Å². The summed E-state index contributed by atoms with van der Waals surface area (Å²) >= 11 is 1.86. The van der Waals surface area contributed by atoms with Crippen LogP contribution in [-0.4, -0.2) is 10.7 Å². The third kappa shape index (κ3) is 2.32. The SMILES string of the molecule is CCCc1ccc(CC2(O)CC2)s1. The van der Waals surface area contributed by atoms with Crippen molar-refractivity contribution in [3.8, 4) is 0 Å². The van der Waals surface area contributed by atoms with Crippen molar-refractivity contribution in [1.82, 2.24) is 0 Å². The normalized spacial score (nSPS) is 18.9. The Morgan fingerprint density at radius 1 is 1.38 bits per heavy atom. The van der Waals surface area contributed by atoms with Crippen LogP contribution in [0.4, 0.5) is 0 Å². The Morgan fingerprint density at radius 2 is 2.08 bits per heavy atom. The predicted octanol–water partition coefficient (Wildman–Crippen LogP) is 2.77. The molecule has 0 saturated heterocycles. The van der Waals surface area contributed by atoms with Gasteiger partial charge in [0.05, 0.1) is 5.60 Å². The zero-order chi connectivity index (χ0) is 9.31. The molecular formula is C11H16OS. The van der Waals surface area contributed by atoms with Crippen molar-refractivity contribution in [2.24, 2.45) is 0 Å². The largest absolute Gasteiger partial charge is 0.390 e. The molecule has 0 amide bonds. The summed E-state index contributed by atoms with van der Waals surface area (Å²) in [7, 11) is 0. The van der Waals surface area contributed by atoms with Crippen molar-refractivity contribution in [3.63, 3.8) is 0 Å². The van der Waals surface area contributed by atoms with Crippen molar-refractivity contribution >= 4 is 11.3 Å². The third-order valence-electron chi connectivity index (χ3n) is 2.54. The molecule has 1 saturated carbocycles. The zero-order valence-corrected chi connectivity index (χ0v) is 8.86. The number of hydrogen-bond donors (Lipinski definition) is 1. The Labute approximate surface area is 83.4 Å². The fraction of sp³-hybridized carbons (Fsp3) is 0.636. The highest BCUT2D eigenvalue weighted by molar-refractivity contribution is 7.12. The van der Waals surface area contributed by atoms with Crippen LogP contribution in [0.2, 0.25) is 0 Å². The fourth-order valence-electron chi connectivity index (χ4n) is 1.54. The first-order valence-electron chi connectivity index (χ1n) is 5.02. The van der Waals surface area contributed by atoms with Gasteiger partial charge in [-0.1, -0.05) is 13.3 Å². The van der Waals surface area contributed by atoms with Crippen molar-refractivity contribution in [1.29, 1.82) is 0 Å². The minimum atomic E-state index is -0.325. The second-order valence-electron chi connectivity index (χ2n) is 4.02. The first kappa shape index (κ1) is 9.22. The van der Waals surface area contributed by atoms with E-state index in [4.69, 9.17) is 0 Å². The van der Waals surface area contributed by atoms with E-state index >= 15 is 0 Å². The topological polar surface area (TPSA) is 20.2 Å². The summed E-state index contributed by atoms with van der Waals surface area (Å²) in [4.78, 5) is 2.81. The number of thiophene rings is 1. The van der Waals surface area contributed by atoms with Gasteiger partial charge in [-0.2, -0.15) is 0 Å². The molecule has 1 aliphatic rings. The summed E-state index contributed by atoms with van der Waals surface area (Å²) < 4.78 is 0. The van der Waals surface area contributed by atoms with Gasteiger partial charge in [-0.15, -0.1) is 11.3 Å². The molecule has 13 heavy (non-hydrogen) atoms. The Balaban J connectivity index is 1.97. The van der Waals surface area contributed by atoms with Crippen molar-refractivity contribution < 1.29 is 5.11 Å². The fourth-order valence-corrected chi connectivity index (χ4v) is 2.80. The van der Waals surface area contributed by atoms with Crippen LogP contribution in [0.5, 0.6) is 0 Å². The number of rotatable bonds is 4. The molecule has 1 N–H and O–H groups in total. The number of hydrogen-bond acceptors (Lipinski definition) is 2. The van der Waals surface area contributed by atoms with Crippen LogP contribution in [0.25, 0.3) is 0 Å². The highest BCUT2D eigenvalue weighted by Gasteiger charge is 2.40. The van der Waals surface area contributed by atoms with Gasteiger partial charge in [-0.3, -0.25) is 0 Å². The lowest BCUT2D eigenvalue weighted by Crippen LogP contribution is -2.09. The molecule has 1 nitrogen and oxygen atoms in total. The van der Waals surface area contributed by atoms with Gasteiger partial charge in [0, 0.05) is 16.2 Å². The maximum absolute atomic E-state index is 9.73. The van der Waals surface area contributed by atoms with E-state index in [1.54, 1.807) is 0 Å². The molecule has 1 heterocycles. The summed E-state index contributed by atoms with van der Waals surface area (Å²) in [6.45, 7) is 2.20. The second-order valence-corrected chi connectivity index (χ2v) is 5.27. The highest BCUT2D eigenvalue weighted by atomic mass is 32.1. The van der Waals surface area contributed by atoms with E-state index < -0.39 is 0 Å². The summed E-state index contributed by atoms with van der Waals surface area (Å²) in [5.74, 6) is 0. The summed E-state index contributed by atoms with van der Waals surface area (Å²) in [5, 5.41) is 9.73. The summed E-state index contributed by atoms with van der Waals surface area (Å²) in [6.07, 6.45) is 5.26. The minimum absolute atomic E-state index is 0.325. The van der Waals surface area contributed by atoms with E-state index in [0.717, 1.165) is 19.3 Å². The second kappa shape index (κ2) is 3.43. The molecule has 0 aromatic carbocycles. The van der Waals surface area contributed by atoms with Gasteiger partial charge >= 0.3 is 0 Å². The lowest BCUT2D eigenvalue weighted by atomic mass is 10.2. The van der Waals surface area contributed by atoms with Crippen LogP contribution < -0.4 is 0 Å². The molecule has 0 unspecified atom stereocenters. The van der Waals surface area contributed by atoms with E-state index in [0.29, 0.717) is 0 Å². The maximum Gasteiger partial charge on any atom is 0.0698 e. The van der Waals surface area contributed by atoms with E-state index in [1.165, 1.54) is 22.6 Å². The van der Waals surface area contributed by atoms with Gasteiger partial charge in [0.15, 0.2) is 0 Å². The monoisotopic (exact) mass is 196 g/mol. The lowest BCUT2D eigenvalue weighted by Gasteiger charge is -2.03. The maximum atomic E-state index is 9.73. The Hall–Kier alpha value is -0.340. The summed E-state index contributed by atoms with van der Waals surface area (Å²) in [5.41, 5.74) is -0.325. The first-order chi connectivity index (χ1) is 6.22. The van der Waals surface area contributed by atoms with Crippen LogP contribution >= 0.6 is 11.3 Å². The minimum Gasteiger partial charge on any atom is -0.390 e. The van der Waals surface area contributed by atoms with E-state index in [-0.39, 0.29) is 5.60 Å². The highest BCUT2D eigenvalue weighted by Crippen LogP contribution is 2.39. The molecule has 0 bridgehead atoms. The number of aryl methyl sites for hydroxylation is 1. The average Bonchev–Trinajstić information content (AvgIpc) is 2.61. The molecule has 1 aromatic heterocycles. The van der Waals surface area contributed by atoms with Gasteiger partial charge < -0.3 is 5.11 Å². The van der Waals surface area contributed by atoms with Crippen LogP contribution in [0.15, 0.2) is 12.1 Å². The molecule has 0 radical (unpaired) electrons. The molecule has 1 aliphatic carbocycles. The molecule has 1 fully saturated rings. The first-order valence-corrected chi connectivity index (χ1v) is 5.83. The van der Waals surface area contributed by atoms with Crippen molar-refractivity contribution in [3.05, 3.63) is 21.9 Å². The Bertz CT molecular complexity index is 286. The molecule has 72 valence electrons. The standard InChI is InChI=1S/C11H16OS/c1-2-3-9-4-5-10(13-9)8-11(12)6-7-11/h4-5,12H,2-3,6-8H2,1H3. The van der Waals surface area contributed by atoms with Gasteiger partial charge in [0.25, 0.3) is 0 Å². The van der Waals surface area contributed by atoms with Crippen LogP contribution in [0.1, 0.15) is 35.9 Å². The van der Waals surface area contributed by atoms with Gasteiger partial charge in [-0.05, 0) is 31.4 Å². The molecule has 1 aromatic rings. The lowest BCUT2D eigenvalue weighted by molar-refractivity contribution is 0.152. The molecule has 2 heteroatoms. The van der Waals surface area contributed by atoms with Crippen LogP contribution in [0.3, 0.4) is 0 Å². The molecular weight excluding hydrogens is 180 g/mol. The Kier molecular flexibility index (Phi) is 2.43. The smallest absolute Gasteiger partial charge is 0.0698 e. The van der Waals surface area contributed by atoms with Gasteiger partial charge in [-0.25, -0.2) is 0 Å². The van der Waals surface area contributed by atoms with Crippen molar-refractivity contribution in [2.75, 3.05) is 0 Å². The van der Waals surface area contributed by atoms with Gasteiger partial charge in [0.1, 0.15) is 0 Å². The zero-order valence-electron chi connectivity index (χ0n) is 8.05. The third-order valence-corrected chi connectivity index (χ3v) is 3.69. The molecule has 0 aliphatic heterocycles. The molecule has 0 spiro atoms. The number of aliphatic hydroxyl groups is 1. The van der Waals surface area contributed by atoms with Crippen molar-refractivity contribution in [2.45, 2.75) is 44.6 Å². The quantitative estimate of drug-likeness (QED) is 0.785. The van der Waals surface area contributed by atoms with Gasteiger partial charge in [0.2, 0.25) is 0 Å².